The Morgan fingerprint density at radius 1 is 1.20 bits per heavy atom. The Balaban J connectivity index is 1.56. The predicted octanol–water partition coefficient (Wildman–Crippen LogP) is 2.39. The molecule has 0 saturated carbocycles. The molecule has 30 heavy (non-hydrogen) atoms. The van der Waals surface area contributed by atoms with Crippen LogP contribution in [0.5, 0.6) is 11.5 Å². The van der Waals surface area contributed by atoms with Gasteiger partial charge in [0.25, 0.3) is 0 Å². The number of hydrogen-bond donors (Lipinski definition) is 0. The summed E-state index contributed by atoms with van der Waals surface area (Å²) in [6.07, 6.45) is 6.75. The van der Waals surface area contributed by atoms with Crippen molar-refractivity contribution in [1.82, 2.24) is 24.7 Å². The van der Waals surface area contributed by atoms with Gasteiger partial charge in [-0.05, 0) is 31.0 Å². The summed E-state index contributed by atoms with van der Waals surface area (Å²) in [5.41, 5.74) is 1.53. The Morgan fingerprint density at radius 3 is 2.77 bits per heavy atom. The Bertz CT molecular complexity index is 1050. The van der Waals surface area contributed by atoms with Crippen molar-refractivity contribution in [2.45, 2.75) is 12.8 Å². The standard InChI is InChI=1S/C21H24N6O3/c1-26-10-8-22-20(26)19(28)15-5-4-9-27(13-15)21-24-16(12-23-25-21)14-6-7-17(29-2)18(11-14)30-3/h6-8,10-12,15H,4-5,9,13H2,1-3H3/t15-/m1/s1. The van der Waals surface area contributed by atoms with Crippen LogP contribution in [0.25, 0.3) is 11.3 Å². The third-order valence-electron chi connectivity index (χ3n) is 5.34. The van der Waals surface area contributed by atoms with Gasteiger partial charge in [-0.2, -0.15) is 5.10 Å². The summed E-state index contributed by atoms with van der Waals surface area (Å²) < 4.78 is 12.4. The average Bonchev–Trinajstić information content (AvgIpc) is 3.24. The van der Waals surface area contributed by atoms with Crippen molar-refractivity contribution in [3.05, 3.63) is 42.6 Å². The lowest BCUT2D eigenvalue weighted by Gasteiger charge is -2.31. The monoisotopic (exact) mass is 408 g/mol. The molecule has 0 amide bonds. The van der Waals surface area contributed by atoms with Crippen LogP contribution in [0.1, 0.15) is 23.5 Å². The Labute approximate surface area is 174 Å². The average molecular weight is 408 g/mol. The first-order valence-corrected chi connectivity index (χ1v) is 9.79. The van der Waals surface area contributed by atoms with Crippen molar-refractivity contribution < 1.29 is 14.3 Å². The van der Waals surface area contributed by atoms with Crippen molar-refractivity contribution in [1.29, 1.82) is 0 Å². The van der Waals surface area contributed by atoms with Crippen LogP contribution in [0, 0.1) is 5.92 Å². The Kier molecular flexibility index (Phi) is 5.60. The molecule has 2 aromatic heterocycles. The number of ether oxygens (including phenoxy) is 2. The fourth-order valence-corrected chi connectivity index (χ4v) is 3.72. The molecule has 0 N–H and O–H groups in total. The zero-order chi connectivity index (χ0) is 21.1. The molecule has 1 atom stereocenters. The number of carbonyl (C=O) groups excluding carboxylic acids is 1. The van der Waals surface area contributed by atoms with Crippen LogP contribution in [-0.2, 0) is 7.05 Å². The lowest BCUT2D eigenvalue weighted by molar-refractivity contribution is 0.0893. The number of rotatable bonds is 6. The highest BCUT2D eigenvalue weighted by Gasteiger charge is 2.30. The maximum absolute atomic E-state index is 12.9. The van der Waals surface area contributed by atoms with Gasteiger partial charge in [0, 0.05) is 44.0 Å². The molecule has 9 heteroatoms. The van der Waals surface area contributed by atoms with E-state index in [2.05, 4.69) is 15.2 Å². The highest BCUT2D eigenvalue weighted by Crippen LogP contribution is 2.32. The number of benzene rings is 1. The maximum atomic E-state index is 12.9. The highest BCUT2D eigenvalue weighted by atomic mass is 16.5. The molecule has 1 aliphatic rings. The zero-order valence-corrected chi connectivity index (χ0v) is 17.3. The number of piperidine rings is 1. The number of aromatic nitrogens is 5. The second-order valence-corrected chi connectivity index (χ2v) is 7.22. The molecule has 4 rings (SSSR count). The third-order valence-corrected chi connectivity index (χ3v) is 5.34. The topological polar surface area (TPSA) is 95.3 Å². The molecule has 9 nitrogen and oxygen atoms in total. The molecule has 1 fully saturated rings. The SMILES string of the molecule is COc1ccc(-c2cnnc(N3CCC[C@@H](C(=O)c4nccn4C)C3)n2)cc1OC. The summed E-state index contributed by atoms with van der Waals surface area (Å²) in [5.74, 6) is 2.17. The second kappa shape index (κ2) is 8.48. The van der Waals surface area contributed by atoms with Crippen molar-refractivity contribution in [2.75, 3.05) is 32.2 Å². The summed E-state index contributed by atoms with van der Waals surface area (Å²) in [7, 11) is 5.03. The van der Waals surface area contributed by atoms with Gasteiger partial charge in [0.05, 0.1) is 26.1 Å². The number of Topliss-reactive ketones (excluding diaryl/α,β-unsaturated/α-hetero) is 1. The number of imidazole rings is 1. The number of ketones is 1. The number of hydrogen-bond acceptors (Lipinski definition) is 8. The van der Waals surface area contributed by atoms with Gasteiger partial charge in [-0.1, -0.05) is 0 Å². The zero-order valence-electron chi connectivity index (χ0n) is 17.3. The van der Waals surface area contributed by atoms with E-state index in [0.29, 0.717) is 35.5 Å². The van der Waals surface area contributed by atoms with E-state index >= 15 is 0 Å². The van der Waals surface area contributed by atoms with Crippen LogP contribution in [0.3, 0.4) is 0 Å². The molecule has 1 aliphatic heterocycles. The van der Waals surface area contributed by atoms with E-state index in [9.17, 15) is 4.79 Å². The predicted molar refractivity (Wildman–Crippen MR) is 111 cm³/mol. The number of aryl methyl sites for hydroxylation is 1. The smallest absolute Gasteiger partial charge is 0.245 e. The van der Waals surface area contributed by atoms with E-state index in [1.165, 1.54) is 0 Å². The van der Waals surface area contributed by atoms with Gasteiger partial charge in [0.15, 0.2) is 17.3 Å². The highest BCUT2D eigenvalue weighted by molar-refractivity contribution is 5.95. The molecule has 0 aliphatic carbocycles. The summed E-state index contributed by atoms with van der Waals surface area (Å²) in [6, 6.07) is 5.59. The molecular weight excluding hydrogens is 384 g/mol. The van der Waals surface area contributed by atoms with Crippen molar-refractivity contribution in [3.63, 3.8) is 0 Å². The van der Waals surface area contributed by atoms with E-state index in [4.69, 9.17) is 14.5 Å². The number of methoxy groups -OCH3 is 2. The van der Waals surface area contributed by atoms with Crippen molar-refractivity contribution >= 4 is 11.7 Å². The van der Waals surface area contributed by atoms with Gasteiger partial charge in [0.1, 0.15) is 0 Å². The number of nitrogens with zero attached hydrogens (tertiary/aromatic N) is 6. The van der Waals surface area contributed by atoms with Crippen LogP contribution in [0.2, 0.25) is 0 Å². The van der Waals surface area contributed by atoms with Gasteiger partial charge in [0.2, 0.25) is 11.7 Å². The van der Waals surface area contributed by atoms with Crippen LogP contribution in [-0.4, -0.2) is 57.8 Å². The van der Waals surface area contributed by atoms with Crippen LogP contribution < -0.4 is 14.4 Å². The minimum absolute atomic E-state index is 0.0520. The third kappa shape index (κ3) is 3.83. The fourth-order valence-electron chi connectivity index (χ4n) is 3.72. The minimum atomic E-state index is -0.145. The van der Waals surface area contributed by atoms with Gasteiger partial charge < -0.3 is 18.9 Å². The first kappa shape index (κ1) is 19.8. The van der Waals surface area contributed by atoms with Crippen molar-refractivity contribution in [3.8, 4) is 22.8 Å². The molecule has 3 heterocycles. The van der Waals surface area contributed by atoms with Gasteiger partial charge in [-0.3, -0.25) is 4.79 Å². The van der Waals surface area contributed by atoms with Gasteiger partial charge in [-0.25, -0.2) is 9.97 Å². The molecule has 0 radical (unpaired) electrons. The summed E-state index contributed by atoms with van der Waals surface area (Å²) in [6.45, 7) is 1.32. The van der Waals surface area contributed by atoms with Crippen LogP contribution in [0.15, 0.2) is 36.8 Å². The number of carbonyl (C=O) groups is 1. The summed E-state index contributed by atoms with van der Waals surface area (Å²) in [5, 5.41) is 8.36. The molecule has 3 aromatic rings. The molecular formula is C21H24N6O3. The van der Waals surface area contributed by atoms with E-state index in [0.717, 1.165) is 24.9 Å². The Hall–Kier alpha value is -3.49. The first-order chi connectivity index (χ1) is 14.6. The van der Waals surface area contributed by atoms with E-state index in [1.54, 1.807) is 37.4 Å². The normalized spacial score (nSPS) is 16.4. The molecule has 0 spiro atoms. The van der Waals surface area contributed by atoms with Crippen LogP contribution >= 0.6 is 0 Å². The van der Waals surface area contributed by atoms with Crippen LogP contribution in [0.4, 0.5) is 5.95 Å². The maximum Gasteiger partial charge on any atom is 0.245 e. The lowest BCUT2D eigenvalue weighted by atomic mass is 9.93. The van der Waals surface area contributed by atoms with Gasteiger partial charge in [-0.15, -0.1) is 5.10 Å². The molecule has 156 valence electrons. The quantitative estimate of drug-likeness (QED) is 0.574. The summed E-state index contributed by atoms with van der Waals surface area (Å²) >= 11 is 0. The first-order valence-electron chi connectivity index (χ1n) is 9.79. The number of anilines is 1. The van der Waals surface area contributed by atoms with Crippen molar-refractivity contribution in [2.24, 2.45) is 13.0 Å². The van der Waals surface area contributed by atoms with Gasteiger partial charge >= 0.3 is 0 Å². The second-order valence-electron chi connectivity index (χ2n) is 7.22. The fraction of sp³-hybridized carbons (Fsp3) is 0.381. The van der Waals surface area contributed by atoms with E-state index in [1.807, 2.05) is 30.1 Å². The lowest BCUT2D eigenvalue weighted by Crippen LogP contribution is -2.40. The molecule has 0 unspecified atom stereocenters. The Morgan fingerprint density at radius 2 is 2.03 bits per heavy atom. The molecule has 1 aromatic carbocycles. The summed E-state index contributed by atoms with van der Waals surface area (Å²) in [4.78, 5) is 23.8. The molecule has 0 bridgehead atoms. The van der Waals surface area contributed by atoms with E-state index < -0.39 is 0 Å². The van der Waals surface area contributed by atoms with E-state index in [-0.39, 0.29) is 11.7 Å². The largest absolute Gasteiger partial charge is 0.493 e. The minimum Gasteiger partial charge on any atom is -0.493 e. The molecule has 1 saturated heterocycles.